The highest BCUT2D eigenvalue weighted by atomic mass is 32.2. The molecule has 0 saturated carbocycles. The standard InChI is InChI=1S/C17H20FNS/c1-17(2,3)12-7-9-13(10-8-12)20-11-14-15(18)5-4-6-16(14)19/h4-10H,11,19H2,1-3H3. The van der Waals surface area contributed by atoms with Gasteiger partial charge in [-0.15, -0.1) is 11.8 Å². The van der Waals surface area contributed by atoms with E-state index < -0.39 is 0 Å². The summed E-state index contributed by atoms with van der Waals surface area (Å²) in [7, 11) is 0. The summed E-state index contributed by atoms with van der Waals surface area (Å²) in [4.78, 5) is 1.13. The first-order valence-corrected chi connectivity index (χ1v) is 7.62. The minimum absolute atomic E-state index is 0.152. The fraction of sp³-hybridized carbons (Fsp3) is 0.294. The van der Waals surface area contributed by atoms with Crippen LogP contribution in [-0.2, 0) is 11.2 Å². The number of hydrogen-bond donors (Lipinski definition) is 1. The maximum absolute atomic E-state index is 13.7. The van der Waals surface area contributed by atoms with Gasteiger partial charge in [-0.3, -0.25) is 0 Å². The normalized spacial score (nSPS) is 11.6. The quantitative estimate of drug-likeness (QED) is 0.636. The fourth-order valence-corrected chi connectivity index (χ4v) is 2.88. The van der Waals surface area contributed by atoms with Gasteiger partial charge in [-0.1, -0.05) is 39.0 Å². The van der Waals surface area contributed by atoms with Crippen LogP contribution in [-0.4, -0.2) is 0 Å². The molecule has 0 heterocycles. The highest BCUT2D eigenvalue weighted by Gasteiger charge is 2.13. The minimum atomic E-state index is -0.233. The summed E-state index contributed by atoms with van der Waals surface area (Å²) in [5.74, 6) is 0.316. The lowest BCUT2D eigenvalue weighted by Gasteiger charge is -2.19. The van der Waals surface area contributed by atoms with Crippen molar-refractivity contribution in [3.8, 4) is 0 Å². The van der Waals surface area contributed by atoms with E-state index >= 15 is 0 Å². The van der Waals surface area contributed by atoms with Gasteiger partial charge in [0.1, 0.15) is 5.82 Å². The molecule has 20 heavy (non-hydrogen) atoms. The Morgan fingerprint density at radius 2 is 1.70 bits per heavy atom. The van der Waals surface area contributed by atoms with Gasteiger partial charge in [-0.2, -0.15) is 0 Å². The number of nitrogen functional groups attached to an aromatic ring is 1. The smallest absolute Gasteiger partial charge is 0.129 e. The van der Waals surface area contributed by atoms with E-state index in [9.17, 15) is 4.39 Å². The van der Waals surface area contributed by atoms with Crippen LogP contribution in [0.4, 0.5) is 10.1 Å². The van der Waals surface area contributed by atoms with Crippen molar-refractivity contribution in [1.29, 1.82) is 0 Å². The molecule has 0 unspecified atom stereocenters. The minimum Gasteiger partial charge on any atom is -0.398 e. The molecule has 0 radical (unpaired) electrons. The highest BCUT2D eigenvalue weighted by Crippen LogP contribution is 2.29. The number of anilines is 1. The van der Waals surface area contributed by atoms with Crippen LogP contribution in [0.1, 0.15) is 31.9 Å². The van der Waals surface area contributed by atoms with Crippen LogP contribution >= 0.6 is 11.8 Å². The molecule has 0 aliphatic carbocycles. The molecule has 0 bridgehead atoms. The summed E-state index contributed by atoms with van der Waals surface area (Å²) in [6.45, 7) is 6.57. The molecule has 0 aliphatic rings. The molecule has 0 atom stereocenters. The van der Waals surface area contributed by atoms with Gasteiger partial charge in [0.05, 0.1) is 0 Å². The van der Waals surface area contributed by atoms with E-state index in [0.717, 1.165) is 4.90 Å². The fourth-order valence-electron chi connectivity index (χ4n) is 1.93. The van der Waals surface area contributed by atoms with Crippen molar-refractivity contribution in [3.05, 3.63) is 59.4 Å². The third-order valence-electron chi connectivity index (χ3n) is 3.26. The van der Waals surface area contributed by atoms with E-state index in [1.807, 2.05) is 0 Å². The number of thioether (sulfide) groups is 1. The van der Waals surface area contributed by atoms with Crippen molar-refractivity contribution in [2.75, 3.05) is 5.73 Å². The molecular formula is C17H20FNS. The van der Waals surface area contributed by atoms with Gasteiger partial charge in [-0.05, 0) is 35.2 Å². The van der Waals surface area contributed by atoms with Crippen molar-refractivity contribution < 1.29 is 4.39 Å². The zero-order chi connectivity index (χ0) is 14.8. The third-order valence-corrected chi connectivity index (χ3v) is 4.30. The van der Waals surface area contributed by atoms with E-state index in [4.69, 9.17) is 5.73 Å². The predicted molar refractivity (Wildman–Crippen MR) is 85.5 cm³/mol. The van der Waals surface area contributed by atoms with Gasteiger partial charge in [0.15, 0.2) is 0 Å². The van der Waals surface area contributed by atoms with Crippen LogP contribution in [0, 0.1) is 5.82 Å². The van der Waals surface area contributed by atoms with Crippen LogP contribution in [0.25, 0.3) is 0 Å². The van der Waals surface area contributed by atoms with E-state index in [2.05, 4.69) is 45.0 Å². The van der Waals surface area contributed by atoms with Crippen LogP contribution in [0.3, 0.4) is 0 Å². The van der Waals surface area contributed by atoms with Crippen LogP contribution < -0.4 is 5.73 Å². The van der Waals surface area contributed by atoms with Crippen molar-refractivity contribution in [2.45, 2.75) is 36.8 Å². The Balaban J connectivity index is 2.08. The average molecular weight is 289 g/mol. The maximum atomic E-state index is 13.7. The van der Waals surface area contributed by atoms with Gasteiger partial charge in [-0.25, -0.2) is 4.39 Å². The van der Waals surface area contributed by atoms with Gasteiger partial charge >= 0.3 is 0 Å². The second-order valence-electron chi connectivity index (χ2n) is 5.87. The molecule has 2 rings (SSSR count). The SMILES string of the molecule is CC(C)(C)c1ccc(SCc2c(N)cccc2F)cc1. The van der Waals surface area contributed by atoms with Crippen LogP contribution in [0.15, 0.2) is 47.4 Å². The van der Waals surface area contributed by atoms with Gasteiger partial charge < -0.3 is 5.73 Å². The topological polar surface area (TPSA) is 26.0 Å². The second kappa shape index (κ2) is 5.88. The molecule has 1 nitrogen and oxygen atoms in total. The summed E-state index contributed by atoms with van der Waals surface area (Å²) in [5.41, 5.74) is 8.36. The number of halogens is 1. The zero-order valence-electron chi connectivity index (χ0n) is 12.1. The average Bonchev–Trinajstić information content (AvgIpc) is 2.37. The molecule has 2 aromatic rings. The lowest BCUT2D eigenvalue weighted by atomic mass is 9.87. The van der Waals surface area contributed by atoms with Crippen molar-refractivity contribution in [2.24, 2.45) is 0 Å². The van der Waals surface area contributed by atoms with Gasteiger partial charge in [0.25, 0.3) is 0 Å². The van der Waals surface area contributed by atoms with Gasteiger partial charge in [0.2, 0.25) is 0 Å². The molecule has 2 aromatic carbocycles. The summed E-state index contributed by atoms with van der Waals surface area (Å²) in [6.07, 6.45) is 0. The van der Waals surface area contributed by atoms with Crippen LogP contribution in [0.5, 0.6) is 0 Å². The molecule has 0 amide bonds. The van der Waals surface area contributed by atoms with E-state index in [1.165, 1.54) is 11.6 Å². The largest absolute Gasteiger partial charge is 0.398 e. The number of rotatable bonds is 3. The Hall–Kier alpha value is -1.48. The molecule has 0 aliphatic heterocycles. The lowest BCUT2D eigenvalue weighted by Crippen LogP contribution is -2.10. The first-order chi connectivity index (χ1) is 9.38. The monoisotopic (exact) mass is 289 g/mol. The molecule has 2 N–H and O–H groups in total. The summed E-state index contributed by atoms with van der Waals surface area (Å²) in [6, 6.07) is 13.3. The molecule has 0 spiro atoms. The molecule has 106 valence electrons. The first-order valence-electron chi connectivity index (χ1n) is 6.64. The van der Waals surface area contributed by atoms with Crippen molar-refractivity contribution in [1.82, 2.24) is 0 Å². The number of nitrogens with two attached hydrogens (primary N) is 1. The van der Waals surface area contributed by atoms with Crippen molar-refractivity contribution >= 4 is 17.4 Å². The summed E-state index contributed by atoms with van der Waals surface area (Å²) >= 11 is 1.60. The molecule has 3 heteroatoms. The Labute approximate surface area is 124 Å². The highest BCUT2D eigenvalue weighted by molar-refractivity contribution is 7.98. The molecule has 0 saturated heterocycles. The third kappa shape index (κ3) is 3.54. The number of hydrogen-bond acceptors (Lipinski definition) is 2. The Morgan fingerprint density at radius 1 is 1.05 bits per heavy atom. The first kappa shape index (κ1) is 14.9. The Bertz CT molecular complexity index is 565. The van der Waals surface area contributed by atoms with Gasteiger partial charge in [0, 0.05) is 21.9 Å². The zero-order valence-corrected chi connectivity index (χ0v) is 12.9. The van der Waals surface area contributed by atoms with Crippen LogP contribution in [0.2, 0.25) is 0 Å². The van der Waals surface area contributed by atoms with Crippen molar-refractivity contribution in [3.63, 3.8) is 0 Å². The molecule has 0 fully saturated rings. The summed E-state index contributed by atoms with van der Waals surface area (Å²) in [5, 5.41) is 0. The molecule has 0 aromatic heterocycles. The molecular weight excluding hydrogens is 269 g/mol. The number of benzene rings is 2. The second-order valence-corrected chi connectivity index (χ2v) is 6.92. The predicted octanol–water partition coefficient (Wildman–Crippen LogP) is 5.00. The Morgan fingerprint density at radius 3 is 2.25 bits per heavy atom. The van der Waals surface area contributed by atoms with E-state index in [-0.39, 0.29) is 11.2 Å². The maximum Gasteiger partial charge on any atom is 0.129 e. The Kier molecular flexibility index (Phi) is 4.39. The lowest BCUT2D eigenvalue weighted by molar-refractivity contribution is 0.590. The van der Waals surface area contributed by atoms with E-state index in [0.29, 0.717) is 17.0 Å². The summed E-state index contributed by atoms with van der Waals surface area (Å²) < 4.78 is 13.7. The van der Waals surface area contributed by atoms with E-state index in [1.54, 1.807) is 23.9 Å².